The number of aromatic nitrogens is 1. The van der Waals surface area contributed by atoms with Crippen LogP contribution in [0.15, 0.2) is 48.7 Å². The Bertz CT molecular complexity index is 1000. The van der Waals surface area contributed by atoms with Crippen LogP contribution in [0.4, 0.5) is 4.79 Å². The highest BCUT2D eigenvalue weighted by atomic mass is 16.5. The molecule has 1 saturated carbocycles. The molecular weight excluding hydrogens is 468 g/mol. The molecule has 1 fully saturated rings. The molecule has 1 aromatic heterocycles. The van der Waals surface area contributed by atoms with Crippen molar-refractivity contribution in [3.63, 3.8) is 0 Å². The van der Waals surface area contributed by atoms with E-state index < -0.39 is 12.0 Å². The Balaban J connectivity index is 1.76. The molecule has 1 heterocycles. The van der Waals surface area contributed by atoms with Crippen LogP contribution in [-0.4, -0.2) is 64.1 Å². The Morgan fingerprint density at radius 2 is 1.78 bits per heavy atom. The number of hydrogen-bond acceptors (Lipinski definition) is 4. The lowest BCUT2D eigenvalue weighted by molar-refractivity contribution is -0.141. The van der Waals surface area contributed by atoms with Gasteiger partial charge in [-0.3, -0.25) is 9.59 Å². The van der Waals surface area contributed by atoms with Crippen molar-refractivity contribution in [2.45, 2.75) is 84.5 Å². The summed E-state index contributed by atoms with van der Waals surface area (Å²) in [7, 11) is 0. The minimum atomic E-state index is -0.491. The van der Waals surface area contributed by atoms with E-state index in [-0.39, 0.29) is 37.7 Å². The van der Waals surface area contributed by atoms with Gasteiger partial charge in [-0.2, -0.15) is 0 Å². The van der Waals surface area contributed by atoms with Gasteiger partial charge in [-0.1, -0.05) is 56.5 Å². The first-order valence-corrected chi connectivity index (χ1v) is 13.6. The van der Waals surface area contributed by atoms with Crippen LogP contribution in [0.2, 0.25) is 0 Å². The van der Waals surface area contributed by atoms with E-state index >= 15 is 0 Å². The molecule has 3 rings (SSSR count). The second-order valence-corrected chi connectivity index (χ2v) is 9.78. The van der Waals surface area contributed by atoms with Crippen molar-refractivity contribution < 1.29 is 19.1 Å². The van der Waals surface area contributed by atoms with Crippen molar-refractivity contribution in [1.82, 2.24) is 19.7 Å². The van der Waals surface area contributed by atoms with Gasteiger partial charge >= 0.3 is 12.0 Å². The molecule has 0 saturated heterocycles. The van der Waals surface area contributed by atoms with E-state index in [1.807, 2.05) is 43.0 Å². The van der Waals surface area contributed by atoms with Gasteiger partial charge in [0.15, 0.2) is 0 Å². The highest BCUT2D eigenvalue weighted by molar-refractivity contribution is 5.86. The molecule has 8 heteroatoms. The summed E-state index contributed by atoms with van der Waals surface area (Å²) in [5.74, 6) is -0.555. The van der Waals surface area contributed by atoms with Gasteiger partial charge in [0, 0.05) is 30.5 Å². The molecule has 2 aromatic rings. The third-order valence-corrected chi connectivity index (χ3v) is 7.17. The van der Waals surface area contributed by atoms with Crippen LogP contribution in [0, 0.1) is 0 Å². The van der Waals surface area contributed by atoms with Gasteiger partial charge in [0.05, 0.1) is 13.2 Å². The molecule has 1 N–H and O–H groups in total. The first-order chi connectivity index (χ1) is 17.9. The number of carbonyl (C=O) groups excluding carboxylic acids is 3. The molecule has 3 amide bonds. The van der Waals surface area contributed by atoms with Crippen molar-refractivity contribution in [3.8, 4) is 0 Å². The standard InChI is InChI=1S/C29H42N4O4/c1-4-23(3)32(29(36)30-19-28(35)37-5-2)22-27(34)33(25-15-10-7-11-16-25)21-26-17-12-18-31(26)20-24-13-8-6-9-14-24/h6,8-9,12-14,17-18,23,25H,4-5,7,10-11,15-16,19-22H2,1-3H3,(H,30,36). The van der Waals surface area contributed by atoms with Gasteiger partial charge in [-0.05, 0) is 50.8 Å². The Morgan fingerprint density at radius 1 is 1.05 bits per heavy atom. The van der Waals surface area contributed by atoms with Crippen molar-refractivity contribution >= 4 is 17.9 Å². The van der Waals surface area contributed by atoms with Gasteiger partial charge < -0.3 is 24.4 Å². The predicted molar refractivity (Wildman–Crippen MR) is 144 cm³/mol. The molecule has 1 atom stereocenters. The quantitative estimate of drug-likeness (QED) is 0.424. The summed E-state index contributed by atoms with van der Waals surface area (Å²) in [6.45, 7) is 6.88. The smallest absolute Gasteiger partial charge is 0.325 e. The number of carbonyl (C=O) groups is 3. The average molecular weight is 511 g/mol. The second-order valence-electron chi connectivity index (χ2n) is 9.78. The monoisotopic (exact) mass is 510 g/mol. The lowest BCUT2D eigenvalue weighted by Crippen LogP contribution is -2.52. The number of benzene rings is 1. The zero-order valence-electron chi connectivity index (χ0n) is 22.5. The van der Waals surface area contributed by atoms with Crippen LogP contribution in [0.1, 0.15) is 70.6 Å². The fraction of sp³-hybridized carbons (Fsp3) is 0.552. The summed E-state index contributed by atoms with van der Waals surface area (Å²) >= 11 is 0. The van der Waals surface area contributed by atoms with E-state index in [1.165, 1.54) is 12.0 Å². The van der Waals surface area contributed by atoms with Gasteiger partial charge in [0.1, 0.15) is 13.1 Å². The van der Waals surface area contributed by atoms with E-state index in [0.29, 0.717) is 13.0 Å². The second kappa shape index (κ2) is 14.4. The van der Waals surface area contributed by atoms with E-state index in [4.69, 9.17) is 4.74 Å². The molecular formula is C29H42N4O4. The van der Waals surface area contributed by atoms with Gasteiger partial charge in [-0.15, -0.1) is 0 Å². The van der Waals surface area contributed by atoms with E-state index in [9.17, 15) is 14.4 Å². The molecule has 0 radical (unpaired) electrons. The largest absolute Gasteiger partial charge is 0.465 e. The zero-order valence-corrected chi connectivity index (χ0v) is 22.5. The lowest BCUT2D eigenvalue weighted by Gasteiger charge is -2.37. The molecule has 1 aliphatic rings. The lowest BCUT2D eigenvalue weighted by atomic mass is 9.94. The van der Waals surface area contributed by atoms with Crippen LogP contribution >= 0.6 is 0 Å². The SMILES string of the molecule is CCOC(=O)CNC(=O)N(CC(=O)N(Cc1cccn1Cc1ccccc1)C1CCCCC1)C(C)CC. The van der Waals surface area contributed by atoms with Gasteiger partial charge in [0.25, 0.3) is 0 Å². The molecule has 0 spiro atoms. The normalized spacial score (nSPS) is 14.6. The third kappa shape index (κ3) is 8.37. The fourth-order valence-corrected chi connectivity index (χ4v) is 4.86. The molecule has 0 aliphatic heterocycles. The van der Waals surface area contributed by atoms with Gasteiger partial charge in [-0.25, -0.2) is 4.79 Å². The first kappa shape index (κ1) is 28.3. The Hall–Kier alpha value is -3.29. The average Bonchev–Trinajstić information content (AvgIpc) is 3.36. The molecule has 202 valence electrons. The Morgan fingerprint density at radius 3 is 2.46 bits per heavy atom. The van der Waals surface area contributed by atoms with Crippen molar-refractivity contribution in [2.24, 2.45) is 0 Å². The summed E-state index contributed by atoms with van der Waals surface area (Å²) in [5.41, 5.74) is 2.28. The minimum absolute atomic E-state index is 0.0282. The van der Waals surface area contributed by atoms with Crippen LogP contribution in [0.3, 0.4) is 0 Å². The maximum Gasteiger partial charge on any atom is 0.325 e. The van der Waals surface area contributed by atoms with Crippen LogP contribution < -0.4 is 5.32 Å². The third-order valence-electron chi connectivity index (χ3n) is 7.17. The molecule has 1 unspecified atom stereocenters. The molecule has 1 aromatic carbocycles. The number of urea groups is 1. The number of ether oxygens (including phenoxy) is 1. The van der Waals surface area contributed by atoms with Crippen LogP contribution in [-0.2, 0) is 27.4 Å². The number of hydrogen-bond donors (Lipinski definition) is 1. The molecule has 37 heavy (non-hydrogen) atoms. The number of rotatable bonds is 12. The Labute approximate surface area is 221 Å². The maximum atomic E-state index is 13.8. The van der Waals surface area contributed by atoms with Crippen molar-refractivity contribution in [1.29, 1.82) is 0 Å². The molecule has 8 nitrogen and oxygen atoms in total. The highest BCUT2D eigenvalue weighted by Gasteiger charge is 2.30. The number of nitrogens with zero attached hydrogens (tertiary/aromatic N) is 3. The van der Waals surface area contributed by atoms with E-state index in [1.54, 1.807) is 11.8 Å². The summed E-state index contributed by atoms with van der Waals surface area (Å²) in [4.78, 5) is 42.1. The molecule has 1 aliphatic carbocycles. The topological polar surface area (TPSA) is 83.9 Å². The zero-order chi connectivity index (χ0) is 26.6. The van der Waals surface area contributed by atoms with Crippen LogP contribution in [0.5, 0.6) is 0 Å². The van der Waals surface area contributed by atoms with E-state index in [2.05, 4.69) is 34.3 Å². The summed E-state index contributed by atoms with van der Waals surface area (Å²) in [5, 5.41) is 2.63. The van der Waals surface area contributed by atoms with Gasteiger partial charge in [0.2, 0.25) is 5.91 Å². The van der Waals surface area contributed by atoms with Crippen molar-refractivity contribution in [3.05, 3.63) is 59.9 Å². The van der Waals surface area contributed by atoms with Crippen molar-refractivity contribution in [2.75, 3.05) is 19.7 Å². The summed E-state index contributed by atoms with van der Waals surface area (Å²) < 4.78 is 7.11. The number of esters is 1. The minimum Gasteiger partial charge on any atom is -0.465 e. The fourth-order valence-electron chi connectivity index (χ4n) is 4.86. The first-order valence-electron chi connectivity index (χ1n) is 13.6. The maximum absolute atomic E-state index is 13.8. The van der Waals surface area contributed by atoms with E-state index in [0.717, 1.165) is 37.9 Å². The number of nitrogens with one attached hydrogen (secondary N) is 1. The summed E-state index contributed by atoms with van der Waals surface area (Å²) in [6.07, 6.45) is 8.11. The highest BCUT2D eigenvalue weighted by Crippen LogP contribution is 2.25. The summed E-state index contributed by atoms with van der Waals surface area (Å²) in [6, 6.07) is 14.0. The Kier molecular flexibility index (Phi) is 11.0. The molecule has 0 bridgehead atoms. The van der Waals surface area contributed by atoms with Crippen LogP contribution in [0.25, 0.3) is 0 Å². The number of amides is 3. The predicted octanol–water partition coefficient (Wildman–Crippen LogP) is 4.57.